The van der Waals surface area contributed by atoms with Crippen LogP contribution in [0.25, 0.3) is 0 Å². The van der Waals surface area contributed by atoms with Gasteiger partial charge in [0, 0.05) is 16.7 Å². The molecule has 8 heteroatoms. The number of carbonyl (C=O) groups is 1. The number of hydrogen-bond acceptors (Lipinski definition) is 4. The van der Waals surface area contributed by atoms with Crippen LogP contribution in [0.15, 0.2) is 27.6 Å². The summed E-state index contributed by atoms with van der Waals surface area (Å²) < 4.78 is 26.6. The molecule has 0 saturated carbocycles. The lowest BCUT2D eigenvalue weighted by molar-refractivity contribution is -0.118. The molecule has 112 valence electrons. The Bertz CT molecular complexity index is 602. The third-order valence-corrected chi connectivity index (χ3v) is 5.26. The Hall–Kier alpha value is -1.12. The number of sulfonamides is 1. The van der Waals surface area contributed by atoms with Gasteiger partial charge in [0.25, 0.3) is 0 Å². The van der Waals surface area contributed by atoms with Gasteiger partial charge < -0.3 is 11.5 Å². The fraction of sp³-hybridized carbons (Fsp3) is 0.417. The molecule has 0 unspecified atom stereocenters. The van der Waals surface area contributed by atoms with E-state index in [-0.39, 0.29) is 23.9 Å². The molecule has 0 aliphatic heterocycles. The van der Waals surface area contributed by atoms with Gasteiger partial charge in [-0.2, -0.15) is 4.31 Å². The minimum atomic E-state index is -3.81. The molecular formula is C12H18BrN3O3S. The summed E-state index contributed by atoms with van der Waals surface area (Å²) in [6.07, 6.45) is 0. The van der Waals surface area contributed by atoms with Gasteiger partial charge in [0.05, 0.1) is 11.4 Å². The maximum Gasteiger partial charge on any atom is 0.244 e. The lowest BCUT2D eigenvalue weighted by Crippen LogP contribution is -2.40. The van der Waals surface area contributed by atoms with Gasteiger partial charge in [-0.05, 0) is 40.0 Å². The lowest BCUT2D eigenvalue weighted by atomic mass is 10.2. The number of nitrogen functional groups attached to an aromatic ring is 1. The van der Waals surface area contributed by atoms with Crippen LogP contribution in [0.5, 0.6) is 0 Å². The van der Waals surface area contributed by atoms with Gasteiger partial charge >= 0.3 is 0 Å². The van der Waals surface area contributed by atoms with Gasteiger partial charge in [-0.15, -0.1) is 0 Å². The van der Waals surface area contributed by atoms with E-state index in [0.717, 1.165) is 4.31 Å². The molecule has 0 saturated heterocycles. The van der Waals surface area contributed by atoms with Crippen molar-refractivity contribution < 1.29 is 13.2 Å². The minimum Gasteiger partial charge on any atom is -0.399 e. The fourth-order valence-corrected chi connectivity index (χ4v) is 4.32. The summed E-state index contributed by atoms with van der Waals surface area (Å²) in [5, 5.41) is 0. The zero-order valence-electron chi connectivity index (χ0n) is 11.3. The molecule has 4 N–H and O–H groups in total. The predicted molar refractivity (Wildman–Crippen MR) is 81.3 cm³/mol. The second kappa shape index (κ2) is 6.55. The van der Waals surface area contributed by atoms with Crippen molar-refractivity contribution in [3.63, 3.8) is 0 Å². The number of benzene rings is 1. The van der Waals surface area contributed by atoms with Crippen LogP contribution in [0.4, 0.5) is 5.69 Å². The fourth-order valence-electron chi connectivity index (χ4n) is 1.69. The van der Waals surface area contributed by atoms with Crippen LogP contribution in [0.2, 0.25) is 0 Å². The number of nitrogens with two attached hydrogens (primary N) is 2. The Labute approximate surface area is 127 Å². The van der Waals surface area contributed by atoms with Gasteiger partial charge in [0.2, 0.25) is 15.9 Å². The first-order valence-corrected chi connectivity index (χ1v) is 8.21. The molecule has 0 atom stereocenters. The molecule has 0 aliphatic carbocycles. The standard InChI is InChI=1S/C12H18BrN3O3S/c1-8(2)6-16(7-12(15)17)20(18,19)11-4-3-9(14)5-10(11)13/h3-5,8H,6-7,14H2,1-2H3,(H2,15,17). The largest absolute Gasteiger partial charge is 0.399 e. The SMILES string of the molecule is CC(C)CN(CC(N)=O)S(=O)(=O)c1ccc(N)cc1Br. The van der Waals surface area contributed by atoms with Gasteiger partial charge in [-0.1, -0.05) is 13.8 Å². The molecule has 1 aromatic rings. The van der Waals surface area contributed by atoms with Crippen molar-refractivity contribution >= 4 is 37.5 Å². The van der Waals surface area contributed by atoms with Crippen molar-refractivity contribution in [1.29, 1.82) is 0 Å². The summed E-state index contributed by atoms with van der Waals surface area (Å²) in [4.78, 5) is 11.2. The molecule has 0 aromatic heterocycles. The van der Waals surface area contributed by atoms with Crippen LogP contribution in [0, 0.1) is 5.92 Å². The van der Waals surface area contributed by atoms with Crippen molar-refractivity contribution in [2.45, 2.75) is 18.7 Å². The summed E-state index contributed by atoms with van der Waals surface area (Å²) in [6.45, 7) is 3.59. The highest BCUT2D eigenvalue weighted by molar-refractivity contribution is 9.10. The Balaban J connectivity index is 3.24. The van der Waals surface area contributed by atoms with Crippen molar-refractivity contribution in [2.24, 2.45) is 11.7 Å². The van der Waals surface area contributed by atoms with Crippen LogP contribution in [-0.4, -0.2) is 31.7 Å². The molecule has 0 heterocycles. The van der Waals surface area contributed by atoms with Crippen molar-refractivity contribution in [3.05, 3.63) is 22.7 Å². The van der Waals surface area contributed by atoms with Crippen molar-refractivity contribution in [2.75, 3.05) is 18.8 Å². The number of halogens is 1. The Morgan fingerprint density at radius 1 is 1.40 bits per heavy atom. The Kier molecular flexibility index (Phi) is 5.55. The van der Waals surface area contributed by atoms with Crippen molar-refractivity contribution in [3.8, 4) is 0 Å². The van der Waals surface area contributed by atoms with Crippen LogP contribution < -0.4 is 11.5 Å². The highest BCUT2D eigenvalue weighted by atomic mass is 79.9. The molecule has 0 aliphatic rings. The van der Waals surface area contributed by atoms with Crippen LogP contribution >= 0.6 is 15.9 Å². The summed E-state index contributed by atoms with van der Waals surface area (Å²) >= 11 is 3.18. The molecule has 0 spiro atoms. The molecule has 1 aromatic carbocycles. The third kappa shape index (κ3) is 4.19. The summed E-state index contributed by atoms with van der Waals surface area (Å²) in [5.74, 6) is -0.627. The maximum atomic E-state index is 12.6. The average molecular weight is 364 g/mol. The van der Waals surface area contributed by atoms with Gasteiger partial charge in [0.15, 0.2) is 0 Å². The van der Waals surface area contributed by atoms with E-state index in [1.54, 1.807) is 0 Å². The summed E-state index contributed by atoms with van der Waals surface area (Å²) in [6, 6.07) is 4.41. The van der Waals surface area contributed by atoms with E-state index in [1.807, 2.05) is 13.8 Å². The van der Waals surface area contributed by atoms with Gasteiger partial charge in [-0.25, -0.2) is 8.42 Å². The quantitative estimate of drug-likeness (QED) is 0.739. The molecule has 0 bridgehead atoms. The molecule has 0 fully saturated rings. The molecule has 20 heavy (non-hydrogen) atoms. The van der Waals surface area contributed by atoms with E-state index in [9.17, 15) is 13.2 Å². The smallest absolute Gasteiger partial charge is 0.244 e. The van der Waals surface area contributed by atoms with E-state index in [0.29, 0.717) is 10.2 Å². The van der Waals surface area contributed by atoms with Crippen LogP contribution in [-0.2, 0) is 14.8 Å². The van der Waals surface area contributed by atoms with E-state index in [2.05, 4.69) is 15.9 Å². The topological polar surface area (TPSA) is 106 Å². The maximum absolute atomic E-state index is 12.6. The highest BCUT2D eigenvalue weighted by Crippen LogP contribution is 2.27. The number of anilines is 1. The molecule has 1 rings (SSSR count). The number of primary amides is 1. The number of hydrogen-bond donors (Lipinski definition) is 2. The first-order valence-electron chi connectivity index (χ1n) is 5.98. The Morgan fingerprint density at radius 2 is 2.00 bits per heavy atom. The van der Waals surface area contributed by atoms with Gasteiger partial charge in [0.1, 0.15) is 0 Å². The summed E-state index contributed by atoms with van der Waals surface area (Å²) in [5.41, 5.74) is 11.2. The molecule has 6 nitrogen and oxygen atoms in total. The summed E-state index contributed by atoms with van der Waals surface area (Å²) in [7, 11) is -3.81. The van der Waals surface area contributed by atoms with E-state index in [4.69, 9.17) is 11.5 Å². The number of carbonyl (C=O) groups excluding carboxylic acids is 1. The highest BCUT2D eigenvalue weighted by Gasteiger charge is 2.28. The average Bonchev–Trinajstić information content (AvgIpc) is 2.26. The second-order valence-electron chi connectivity index (χ2n) is 4.85. The monoisotopic (exact) mass is 363 g/mol. The second-order valence-corrected chi connectivity index (χ2v) is 7.61. The van der Waals surface area contributed by atoms with E-state index >= 15 is 0 Å². The predicted octanol–water partition coefficient (Wildman–Crippen LogP) is 1.16. The molecule has 1 amide bonds. The molecular weight excluding hydrogens is 346 g/mol. The molecule has 0 radical (unpaired) electrons. The van der Waals surface area contributed by atoms with Crippen LogP contribution in [0.1, 0.15) is 13.8 Å². The zero-order chi connectivity index (χ0) is 15.5. The first-order chi connectivity index (χ1) is 9.14. The number of amides is 1. The minimum absolute atomic E-state index is 0.0635. The first kappa shape index (κ1) is 16.9. The number of nitrogens with zero attached hydrogens (tertiary/aromatic N) is 1. The lowest BCUT2D eigenvalue weighted by Gasteiger charge is -2.23. The zero-order valence-corrected chi connectivity index (χ0v) is 13.7. The number of rotatable bonds is 6. The normalized spacial score (nSPS) is 12.1. The van der Waals surface area contributed by atoms with E-state index in [1.165, 1.54) is 18.2 Å². The van der Waals surface area contributed by atoms with Crippen molar-refractivity contribution in [1.82, 2.24) is 4.31 Å². The third-order valence-electron chi connectivity index (χ3n) is 2.47. The Morgan fingerprint density at radius 3 is 2.45 bits per heavy atom. The van der Waals surface area contributed by atoms with Gasteiger partial charge in [-0.3, -0.25) is 4.79 Å². The van der Waals surface area contributed by atoms with E-state index < -0.39 is 15.9 Å². The van der Waals surface area contributed by atoms with Crippen LogP contribution in [0.3, 0.4) is 0 Å².